The molecule has 0 spiro atoms. The van der Waals surface area contributed by atoms with Crippen molar-refractivity contribution in [3.8, 4) is 5.75 Å². The number of nitrogens with one attached hydrogen (secondary N) is 2. The number of carbonyl (C=O) groups excluding carboxylic acids is 4. The molecule has 4 unspecified atom stereocenters. The van der Waals surface area contributed by atoms with Crippen molar-refractivity contribution in [1.82, 2.24) is 15.5 Å². The number of likely N-dealkylation sites (tertiary alicyclic amines) is 1. The second-order valence-electron chi connectivity index (χ2n) is 9.08. The molecule has 0 saturated carbocycles. The van der Waals surface area contributed by atoms with Crippen LogP contribution in [0, 0.1) is 0 Å². The maximum Gasteiger partial charge on any atom is 0.326 e. The van der Waals surface area contributed by atoms with Crippen LogP contribution < -0.4 is 27.8 Å². The molecule has 2 rings (SSSR count). The van der Waals surface area contributed by atoms with Crippen LogP contribution in [0.25, 0.3) is 0 Å². The summed E-state index contributed by atoms with van der Waals surface area (Å²) in [5, 5.41) is 24.1. The topological polar surface area (TPSA) is 231 Å². The van der Waals surface area contributed by atoms with Crippen LogP contribution in [0.4, 0.5) is 0 Å². The Labute approximate surface area is 214 Å². The third kappa shape index (κ3) is 9.03. The van der Waals surface area contributed by atoms with Gasteiger partial charge in [0.15, 0.2) is 0 Å². The van der Waals surface area contributed by atoms with Crippen molar-refractivity contribution < 1.29 is 34.2 Å². The van der Waals surface area contributed by atoms with E-state index in [4.69, 9.17) is 17.2 Å². The van der Waals surface area contributed by atoms with E-state index in [0.717, 1.165) is 0 Å². The SMILES string of the molecule is NCCCCC(NC(=O)C1CCCN1C(=O)C(Cc1ccc(O)cc1)NC(=O)C(N)CC(N)=O)C(=O)O. The molecule has 204 valence electrons. The van der Waals surface area contributed by atoms with Gasteiger partial charge in [0.25, 0.3) is 0 Å². The number of nitrogens with zero attached hydrogens (tertiary/aromatic N) is 1. The van der Waals surface area contributed by atoms with E-state index >= 15 is 0 Å². The molecule has 1 aliphatic heterocycles. The summed E-state index contributed by atoms with van der Waals surface area (Å²) in [6.07, 6.45) is 1.79. The molecule has 1 aromatic rings. The lowest BCUT2D eigenvalue weighted by molar-refractivity contribution is -0.145. The summed E-state index contributed by atoms with van der Waals surface area (Å²) >= 11 is 0. The molecule has 1 saturated heterocycles. The Morgan fingerprint density at radius 1 is 1.05 bits per heavy atom. The summed E-state index contributed by atoms with van der Waals surface area (Å²) in [6, 6.07) is 1.59. The van der Waals surface area contributed by atoms with Crippen molar-refractivity contribution in [2.45, 2.75) is 69.1 Å². The van der Waals surface area contributed by atoms with Crippen molar-refractivity contribution in [2.75, 3.05) is 13.1 Å². The summed E-state index contributed by atoms with van der Waals surface area (Å²) in [5.41, 5.74) is 16.9. The maximum absolute atomic E-state index is 13.6. The lowest BCUT2D eigenvalue weighted by Crippen LogP contribution is -2.57. The highest BCUT2D eigenvalue weighted by Crippen LogP contribution is 2.21. The normalized spacial score (nSPS) is 17.5. The lowest BCUT2D eigenvalue weighted by atomic mass is 10.0. The minimum atomic E-state index is -1.27. The van der Waals surface area contributed by atoms with Gasteiger partial charge >= 0.3 is 5.97 Å². The first-order valence-electron chi connectivity index (χ1n) is 12.2. The van der Waals surface area contributed by atoms with Gasteiger partial charge in [0, 0.05) is 13.0 Å². The lowest BCUT2D eigenvalue weighted by Gasteiger charge is -2.30. The summed E-state index contributed by atoms with van der Waals surface area (Å²) in [5.74, 6) is -3.84. The Bertz CT molecular complexity index is 971. The zero-order chi connectivity index (χ0) is 27.5. The molecule has 0 aliphatic carbocycles. The highest BCUT2D eigenvalue weighted by molar-refractivity contribution is 5.95. The van der Waals surface area contributed by atoms with Crippen molar-refractivity contribution in [3.05, 3.63) is 29.8 Å². The molecule has 1 aliphatic rings. The smallest absolute Gasteiger partial charge is 0.326 e. The number of hydrogen-bond acceptors (Lipinski definition) is 8. The molecule has 0 radical (unpaired) electrons. The first-order valence-corrected chi connectivity index (χ1v) is 12.2. The van der Waals surface area contributed by atoms with Crippen LogP contribution in [0.5, 0.6) is 5.75 Å². The number of aromatic hydroxyl groups is 1. The van der Waals surface area contributed by atoms with Gasteiger partial charge in [0.1, 0.15) is 23.9 Å². The minimum Gasteiger partial charge on any atom is -0.508 e. The summed E-state index contributed by atoms with van der Waals surface area (Å²) in [6.45, 7) is 0.638. The summed E-state index contributed by atoms with van der Waals surface area (Å²) in [7, 11) is 0. The summed E-state index contributed by atoms with van der Waals surface area (Å²) < 4.78 is 0. The highest BCUT2D eigenvalue weighted by atomic mass is 16.4. The van der Waals surface area contributed by atoms with E-state index in [1.165, 1.54) is 17.0 Å². The van der Waals surface area contributed by atoms with Gasteiger partial charge in [-0.2, -0.15) is 0 Å². The molecule has 37 heavy (non-hydrogen) atoms. The number of carbonyl (C=O) groups is 5. The first-order chi connectivity index (χ1) is 17.5. The van der Waals surface area contributed by atoms with Gasteiger partial charge in [-0.05, 0) is 56.3 Å². The van der Waals surface area contributed by atoms with E-state index in [2.05, 4.69) is 10.6 Å². The fraction of sp³-hybridized carbons (Fsp3) is 0.542. The van der Waals surface area contributed by atoms with Crippen LogP contribution in [0.1, 0.15) is 44.1 Å². The van der Waals surface area contributed by atoms with E-state index in [9.17, 15) is 34.2 Å². The van der Waals surface area contributed by atoms with E-state index in [1.807, 2.05) is 0 Å². The van der Waals surface area contributed by atoms with E-state index < -0.39 is 60.2 Å². The van der Waals surface area contributed by atoms with Crippen molar-refractivity contribution in [1.29, 1.82) is 0 Å². The van der Waals surface area contributed by atoms with Crippen molar-refractivity contribution in [2.24, 2.45) is 17.2 Å². The number of amides is 4. The number of phenols is 1. The minimum absolute atomic E-state index is 0.0230. The van der Waals surface area contributed by atoms with Crippen molar-refractivity contribution >= 4 is 29.6 Å². The Kier molecular flexibility index (Phi) is 11.3. The molecule has 1 aromatic carbocycles. The maximum atomic E-state index is 13.6. The second-order valence-corrected chi connectivity index (χ2v) is 9.08. The molecule has 0 aromatic heterocycles. The van der Waals surface area contributed by atoms with Crippen LogP contribution in [-0.2, 0) is 30.4 Å². The Morgan fingerprint density at radius 3 is 2.32 bits per heavy atom. The number of rotatable bonds is 14. The van der Waals surface area contributed by atoms with Gasteiger partial charge in [-0.3, -0.25) is 19.2 Å². The molecule has 13 nitrogen and oxygen atoms in total. The zero-order valence-electron chi connectivity index (χ0n) is 20.6. The van der Waals surface area contributed by atoms with Crippen LogP contribution >= 0.6 is 0 Å². The molecule has 1 fully saturated rings. The fourth-order valence-corrected chi connectivity index (χ4v) is 4.18. The molecule has 13 heteroatoms. The number of aliphatic carboxylic acids is 1. The number of carboxylic acid groups (broad SMARTS) is 1. The largest absolute Gasteiger partial charge is 0.508 e. The van der Waals surface area contributed by atoms with E-state index in [1.54, 1.807) is 12.1 Å². The molecule has 4 atom stereocenters. The Morgan fingerprint density at radius 2 is 1.73 bits per heavy atom. The van der Waals surface area contributed by atoms with Gasteiger partial charge in [0.2, 0.25) is 23.6 Å². The van der Waals surface area contributed by atoms with E-state index in [0.29, 0.717) is 37.8 Å². The molecular formula is C24H36N6O7. The number of carboxylic acids is 1. The molecule has 0 bridgehead atoms. The van der Waals surface area contributed by atoms with E-state index in [-0.39, 0.29) is 25.1 Å². The van der Waals surface area contributed by atoms with Gasteiger partial charge in [-0.15, -0.1) is 0 Å². The number of nitrogens with two attached hydrogens (primary N) is 3. The number of phenolic OH excluding ortho intramolecular Hbond substituents is 1. The molecule has 1 heterocycles. The third-order valence-corrected chi connectivity index (χ3v) is 6.15. The monoisotopic (exact) mass is 520 g/mol. The van der Waals surface area contributed by atoms with Gasteiger partial charge in [0.05, 0.1) is 12.5 Å². The first kappa shape index (κ1) is 29.5. The molecule has 4 amide bonds. The highest BCUT2D eigenvalue weighted by Gasteiger charge is 2.39. The third-order valence-electron chi connectivity index (χ3n) is 6.15. The Balaban J connectivity index is 2.20. The van der Waals surface area contributed by atoms with Crippen LogP contribution in [-0.4, -0.2) is 82.0 Å². The quantitative estimate of drug-likeness (QED) is 0.138. The predicted octanol–water partition coefficient (Wildman–Crippen LogP) is -1.69. The Hall–Kier alpha value is -3.71. The summed E-state index contributed by atoms with van der Waals surface area (Å²) in [4.78, 5) is 63.3. The molecule has 10 N–H and O–H groups in total. The predicted molar refractivity (Wildman–Crippen MR) is 133 cm³/mol. The number of hydrogen-bond donors (Lipinski definition) is 7. The number of benzene rings is 1. The van der Waals surface area contributed by atoms with Crippen LogP contribution in [0.15, 0.2) is 24.3 Å². The molecular weight excluding hydrogens is 484 g/mol. The average molecular weight is 521 g/mol. The van der Waals surface area contributed by atoms with Crippen molar-refractivity contribution in [3.63, 3.8) is 0 Å². The second kappa shape index (κ2) is 14.1. The standard InChI is InChI=1S/C24H36N6O7/c25-10-2-1-4-17(24(36)37)28-22(34)19-5-3-11-30(19)23(35)18(12-14-6-8-15(31)9-7-14)29-21(33)16(26)13-20(27)32/h6-9,16-19,31H,1-5,10-13,25-26H2,(H2,27,32)(H,28,34)(H,29,33)(H,36,37). The zero-order valence-corrected chi connectivity index (χ0v) is 20.6. The van der Waals surface area contributed by atoms with Gasteiger partial charge < -0.3 is 42.9 Å². The number of primary amides is 1. The average Bonchev–Trinajstić information content (AvgIpc) is 3.33. The fourth-order valence-electron chi connectivity index (χ4n) is 4.18. The van der Waals surface area contributed by atoms with Gasteiger partial charge in [-0.1, -0.05) is 12.1 Å². The van der Waals surface area contributed by atoms with Crippen LogP contribution in [0.2, 0.25) is 0 Å². The number of unbranched alkanes of at least 4 members (excludes halogenated alkanes) is 1. The van der Waals surface area contributed by atoms with Crippen LogP contribution in [0.3, 0.4) is 0 Å². The van der Waals surface area contributed by atoms with Gasteiger partial charge in [-0.25, -0.2) is 4.79 Å².